The fourth-order valence-electron chi connectivity index (χ4n) is 2.89. The van der Waals surface area contributed by atoms with Gasteiger partial charge in [0.25, 0.3) is 0 Å². The van der Waals surface area contributed by atoms with Crippen molar-refractivity contribution < 1.29 is 4.39 Å². The minimum Gasteiger partial charge on any atom is -0.353 e. The zero-order chi connectivity index (χ0) is 17.6. The molecular weight excluding hydrogens is 468 g/mol. The van der Waals surface area contributed by atoms with Crippen LogP contribution in [0.15, 0.2) is 47.6 Å². The summed E-state index contributed by atoms with van der Waals surface area (Å²) in [4.78, 5) is 10.7. The summed E-state index contributed by atoms with van der Waals surface area (Å²) in [5, 5.41) is 7.19. The molecule has 1 aliphatic heterocycles. The number of aromatic nitrogens is 1. The molecule has 0 spiro atoms. The van der Waals surface area contributed by atoms with Crippen LogP contribution in [0.4, 0.5) is 10.2 Å². The first kappa shape index (κ1) is 20.7. The van der Waals surface area contributed by atoms with E-state index in [-0.39, 0.29) is 35.8 Å². The fourth-order valence-corrected chi connectivity index (χ4v) is 3.13. The molecule has 2 N–H and O–H groups in total. The first-order chi connectivity index (χ1) is 12.2. The highest BCUT2D eigenvalue weighted by atomic mass is 127. The second-order valence-corrected chi connectivity index (χ2v) is 6.31. The Hall–Kier alpha value is -1.61. The van der Waals surface area contributed by atoms with Crippen LogP contribution < -0.4 is 15.5 Å². The van der Waals surface area contributed by atoms with Crippen molar-refractivity contribution >= 4 is 47.4 Å². The predicted octanol–water partition coefficient (Wildman–Crippen LogP) is 3.44. The van der Waals surface area contributed by atoms with Crippen LogP contribution >= 0.6 is 35.6 Å². The van der Waals surface area contributed by atoms with Crippen LogP contribution in [0.1, 0.15) is 12.0 Å². The fraction of sp³-hybridized carbons (Fsp3) is 0.333. The van der Waals surface area contributed by atoms with Crippen LogP contribution in [-0.2, 0) is 6.54 Å². The lowest BCUT2D eigenvalue weighted by Crippen LogP contribution is -2.44. The third-order valence-corrected chi connectivity index (χ3v) is 4.49. The van der Waals surface area contributed by atoms with Crippen molar-refractivity contribution in [1.82, 2.24) is 15.6 Å². The van der Waals surface area contributed by atoms with Crippen LogP contribution in [0, 0.1) is 5.82 Å². The Morgan fingerprint density at radius 3 is 2.88 bits per heavy atom. The topological polar surface area (TPSA) is 52.6 Å². The SMILES string of the molecule is CN=C(NCc1ccccc1F)NC1CCN(c2ncccc2Cl)C1.I. The number of halogens is 3. The van der Waals surface area contributed by atoms with Gasteiger partial charge in [-0.05, 0) is 24.6 Å². The van der Waals surface area contributed by atoms with E-state index in [1.54, 1.807) is 25.4 Å². The number of benzene rings is 1. The number of anilines is 1. The number of aliphatic imine (C=N–C) groups is 1. The van der Waals surface area contributed by atoms with Gasteiger partial charge >= 0.3 is 0 Å². The van der Waals surface area contributed by atoms with E-state index in [1.807, 2.05) is 18.2 Å². The summed E-state index contributed by atoms with van der Waals surface area (Å²) in [5.74, 6) is 1.24. The maximum Gasteiger partial charge on any atom is 0.191 e. The van der Waals surface area contributed by atoms with Gasteiger partial charge in [-0.2, -0.15) is 0 Å². The van der Waals surface area contributed by atoms with Gasteiger partial charge in [0, 0.05) is 44.5 Å². The molecule has 140 valence electrons. The van der Waals surface area contributed by atoms with E-state index in [2.05, 4.69) is 25.5 Å². The van der Waals surface area contributed by atoms with Gasteiger partial charge in [0.1, 0.15) is 11.6 Å². The van der Waals surface area contributed by atoms with E-state index in [1.165, 1.54) is 6.07 Å². The molecule has 5 nitrogen and oxygen atoms in total. The van der Waals surface area contributed by atoms with Gasteiger partial charge in [0.05, 0.1) is 5.02 Å². The second-order valence-electron chi connectivity index (χ2n) is 5.90. The largest absolute Gasteiger partial charge is 0.353 e. The highest BCUT2D eigenvalue weighted by Crippen LogP contribution is 2.25. The molecule has 0 radical (unpaired) electrons. The normalized spacial score (nSPS) is 17.0. The highest BCUT2D eigenvalue weighted by Gasteiger charge is 2.25. The van der Waals surface area contributed by atoms with E-state index < -0.39 is 0 Å². The highest BCUT2D eigenvalue weighted by molar-refractivity contribution is 14.0. The smallest absolute Gasteiger partial charge is 0.191 e. The number of nitrogens with zero attached hydrogens (tertiary/aromatic N) is 3. The van der Waals surface area contributed by atoms with Crippen molar-refractivity contribution in [2.75, 3.05) is 25.0 Å². The van der Waals surface area contributed by atoms with Crippen molar-refractivity contribution in [3.8, 4) is 0 Å². The molecule has 0 aliphatic carbocycles. The van der Waals surface area contributed by atoms with Crippen LogP contribution in [0.2, 0.25) is 5.02 Å². The molecule has 1 aromatic heterocycles. The number of nitrogens with one attached hydrogen (secondary N) is 2. The van der Waals surface area contributed by atoms with E-state index in [9.17, 15) is 4.39 Å². The van der Waals surface area contributed by atoms with Crippen LogP contribution in [0.5, 0.6) is 0 Å². The lowest BCUT2D eigenvalue weighted by atomic mass is 10.2. The van der Waals surface area contributed by atoms with Gasteiger partial charge in [0.15, 0.2) is 5.96 Å². The first-order valence-corrected chi connectivity index (χ1v) is 8.61. The van der Waals surface area contributed by atoms with Crippen molar-refractivity contribution in [2.45, 2.75) is 19.0 Å². The van der Waals surface area contributed by atoms with E-state index >= 15 is 0 Å². The summed E-state index contributed by atoms with van der Waals surface area (Å²) in [7, 11) is 1.71. The van der Waals surface area contributed by atoms with Crippen molar-refractivity contribution in [3.63, 3.8) is 0 Å². The third-order valence-electron chi connectivity index (χ3n) is 4.20. The molecule has 1 aromatic carbocycles. The average Bonchev–Trinajstić information content (AvgIpc) is 3.08. The molecule has 0 bridgehead atoms. The Balaban J connectivity index is 0.00000243. The van der Waals surface area contributed by atoms with E-state index in [4.69, 9.17) is 11.6 Å². The number of hydrogen-bond donors (Lipinski definition) is 2. The summed E-state index contributed by atoms with van der Waals surface area (Å²) in [6.07, 6.45) is 2.70. The molecule has 1 atom stereocenters. The quantitative estimate of drug-likeness (QED) is 0.393. The Morgan fingerprint density at radius 1 is 1.35 bits per heavy atom. The minimum atomic E-state index is -0.220. The molecule has 0 saturated carbocycles. The van der Waals surface area contributed by atoms with Gasteiger partial charge < -0.3 is 15.5 Å². The number of guanidine groups is 1. The standard InChI is InChI=1S/C18H21ClFN5.HI/c1-21-18(23-11-13-5-2-3-7-16(13)20)24-14-8-10-25(12-14)17-15(19)6-4-9-22-17;/h2-7,9,14H,8,10-12H2,1H3,(H2,21,23,24);1H. The molecule has 0 amide bonds. The molecule has 1 unspecified atom stereocenters. The van der Waals surface area contributed by atoms with E-state index in [0.717, 1.165) is 25.3 Å². The summed E-state index contributed by atoms with van der Waals surface area (Å²) < 4.78 is 13.7. The summed E-state index contributed by atoms with van der Waals surface area (Å²) in [6, 6.07) is 10.6. The molecular formula is C18H22ClFIN5. The maximum atomic E-state index is 13.7. The second kappa shape index (κ2) is 9.91. The molecule has 3 rings (SSSR count). The van der Waals surface area contributed by atoms with Gasteiger partial charge in [-0.25, -0.2) is 9.37 Å². The van der Waals surface area contributed by atoms with Gasteiger partial charge in [-0.15, -0.1) is 24.0 Å². The van der Waals surface area contributed by atoms with Crippen molar-refractivity contribution in [1.29, 1.82) is 0 Å². The Morgan fingerprint density at radius 2 is 2.15 bits per heavy atom. The lowest BCUT2D eigenvalue weighted by Gasteiger charge is -2.20. The first-order valence-electron chi connectivity index (χ1n) is 8.23. The minimum absolute atomic E-state index is 0. The molecule has 1 saturated heterocycles. The molecule has 2 aromatic rings. The van der Waals surface area contributed by atoms with Crippen molar-refractivity contribution in [3.05, 3.63) is 59.0 Å². The molecule has 1 aliphatic rings. The van der Waals surface area contributed by atoms with Crippen LogP contribution in [-0.4, -0.2) is 37.1 Å². The third kappa shape index (κ3) is 5.20. The summed E-state index contributed by atoms with van der Waals surface area (Å²) in [5.41, 5.74) is 0.610. The molecule has 8 heteroatoms. The number of hydrogen-bond acceptors (Lipinski definition) is 3. The molecule has 1 fully saturated rings. The van der Waals surface area contributed by atoms with Gasteiger partial charge in [-0.3, -0.25) is 4.99 Å². The molecule has 2 heterocycles. The maximum absolute atomic E-state index is 13.7. The molecule has 26 heavy (non-hydrogen) atoms. The number of rotatable bonds is 4. The lowest BCUT2D eigenvalue weighted by molar-refractivity contribution is 0.601. The van der Waals surface area contributed by atoms with Crippen LogP contribution in [0.25, 0.3) is 0 Å². The Bertz CT molecular complexity index is 758. The van der Waals surface area contributed by atoms with Crippen molar-refractivity contribution in [2.24, 2.45) is 4.99 Å². The zero-order valence-corrected chi connectivity index (χ0v) is 17.5. The Kier molecular flexibility index (Phi) is 7.89. The predicted molar refractivity (Wildman–Crippen MR) is 115 cm³/mol. The Labute approximate surface area is 175 Å². The average molecular weight is 490 g/mol. The zero-order valence-electron chi connectivity index (χ0n) is 14.5. The number of pyridine rings is 1. The van der Waals surface area contributed by atoms with Crippen LogP contribution in [0.3, 0.4) is 0 Å². The monoisotopic (exact) mass is 489 g/mol. The van der Waals surface area contributed by atoms with E-state index in [0.29, 0.717) is 23.1 Å². The van der Waals surface area contributed by atoms with Gasteiger partial charge in [0.2, 0.25) is 0 Å². The van der Waals surface area contributed by atoms with Gasteiger partial charge in [-0.1, -0.05) is 29.8 Å². The summed E-state index contributed by atoms with van der Waals surface area (Å²) in [6.45, 7) is 2.05. The summed E-state index contributed by atoms with van der Waals surface area (Å²) >= 11 is 6.22.